The maximum Gasteiger partial charge on any atom is 0.221 e. The molecule has 0 aromatic rings. The van der Waals surface area contributed by atoms with E-state index in [2.05, 4.69) is 41.7 Å². The second-order valence-corrected chi connectivity index (χ2v) is 5.59. The summed E-state index contributed by atoms with van der Waals surface area (Å²) in [6.45, 7) is 10.0. The lowest BCUT2D eigenvalue weighted by atomic mass is 10.1. The van der Waals surface area contributed by atoms with Crippen molar-refractivity contribution < 1.29 is 4.79 Å². The molecule has 0 aliphatic rings. The smallest absolute Gasteiger partial charge is 0.221 e. The van der Waals surface area contributed by atoms with E-state index < -0.39 is 0 Å². The number of nitrogens with one attached hydrogen (secondary N) is 3. The van der Waals surface area contributed by atoms with Gasteiger partial charge in [0.15, 0.2) is 5.96 Å². The van der Waals surface area contributed by atoms with Crippen molar-refractivity contribution in [3.8, 4) is 0 Å². The summed E-state index contributed by atoms with van der Waals surface area (Å²) in [4.78, 5) is 15.7. The Balaban J connectivity index is 0. The highest BCUT2D eigenvalue weighted by Gasteiger charge is 2.05. The first-order valence-electron chi connectivity index (χ1n) is 7.73. The van der Waals surface area contributed by atoms with E-state index in [1.807, 2.05) is 6.92 Å². The van der Waals surface area contributed by atoms with Crippen LogP contribution < -0.4 is 16.0 Å². The molecule has 1 unspecified atom stereocenters. The number of halogens is 1. The van der Waals surface area contributed by atoms with E-state index in [1.54, 1.807) is 7.05 Å². The van der Waals surface area contributed by atoms with Crippen molar-refractivity contribution in [1.29, 1.82) is 0 Å². The normalized spacial score (nSPS) is 12.6. The zero-order valence-electron chi connectivity index (χ0n) is 14.2. The highest BCUT2D eigenvalue weighted by molar-refractivity contribution is 14.0. The van der Waals surface area contributed by atoms with Gasteiger partial charge in [0, 0.05) is 32.6 Å². The average molecular weight is 412 g/mol. The highest BCUT2D eigenvalue weighted by Crippen LogP contribution is 2.01. The van der Waals surface area contributed by atoms with Crippen LogP contribution in [0.4, 0.5) is 0 Å². The Morgan fingerprint density at radius 3 is 2.29 bits per heavy atom. The van der Waals surface area contributed by atoms with Crippen LogP contribution in [0.5, 0.6) is 0 Å². The van der Waals surface area contributed by atoms with Crippen LogP contribution >= 0.6 is 24.0 Å². The largest absolute Gasteiger partial charge is 0.356 e. The molecule has 0 heterocycles. The van der Waals surface area contributed by atoms with Gasteiger partial charge in [-0.1, -0.05) is 20.8 Å². The van der Waals surface area contributed by atoms with Gasteiger partial charge in [-0.15, -0.1) is 24.0 Å². The monoisotopic (exact) mass is 412 g/mol. The van der Waals surface area contributed by atoms with Crippen LogP contribution in [0.25, 0.3) is 0 Å². The number of amides is 1. The lowest BCUT2D eigenvalue weighted by molar-refractivity contribution is -0.121. The van der Waals surface area contributed by atoms with E-state index in [0.29, 0.717) is 13.0 Å². The Labute approximate surface area is 147 Å². The van der Waals surface area contributed by atoms with E-state index in [4.69, 9.17) is 0 Å². The number of aliphatic imine (C=N–C) groups is 1. The molecule has 1 atom stereocenters. The number of nitrogens with zero attached hydrogens (tertiary/aromatic N) is 1. The van der Waals surface area contributed by atoms with Crippen LogP contribution in [-0.2, 0) is 4.79 Å². The minimum absolute atomic E-state index is 0. The highest BCUT2D eigenvalue weighted by atomic mass is 127. The Hall–Kier alpha value is -0.530. The van der Waals surface area contributed by atoms with Gasteiger partial charge in [0.2, 0.25) is 5.91 Å². The zero-order chi connectivity index (χ0) is 15.4. The maximum atomic E-state index is 11.6. The van der Waals surface area contributed by atoms with Crippen molar-refractivity contribution in [3.05, 3.63) is 0 Å². The summed E-state index contributed by atoms with van der Waals surface area (Å²) >= 11 is 0. The molecule has 0 rings (SSSR count). The Kier molecular flexibility index (Phi) is 15.6. The van der Waals surface area contributed by atoms with E-state index in [0.717, 1.165) is 31.3 Å². The molecule has 5 nitrogen and oxygen atoms in total. The lowest BCUT2D eigenvalue weighted by Crippen LogP contribution is -2.40. The average Bonchev–Trinajstić information content (AvgIpc) is 2.40. The molecule has 0 fully saturated rings. The van der Waals surface area contributed by atoms with E-state index >= 15 is 0 Å². The van der Waals surface area contributed by atoms with Crippen molar-refractivity contribution in [2.24, 2.45) is 10.9 Å². The SMILES string of the molecule is CCC(C)NC(=O)CCNC(=NC)NCCCC(C)C.I. The Morgan fingerprint density at radius 1 is 1.14 bits per heavy atom. The molecule has 0 aromatic carbocycles. The Bertz CT molecular complexity index is 295. The number of rotatable bonds is 9. The molecule has 1 amide bonds. The standard InChI is InChI=1S/C15H32N4O.HI/c1-6-13(4)19-14(20)9-11-18-15(16-5)17-10-7-8-12(2)3;/h12-13H,6-11H2,1-5H3,(H,19,20)(H2,16,17,18);1H. The first kappa shape index (κ1) is 22.7. The summed E-state index contributed by atoms with van der Waals surface area (Å²) in [7, 11) is 1.75. The quantitative estimate of drug-likeness (QED) is 0.236. The fraction of sp³-hybridized carbons (Fsp3) is 0.867. The summed E-state index contributed by atoms with van der Waals surface area (Å²) in [5, 5.41) is 9.36. The third-order valence-electron chi connectivity index (χ3n) is 3.14. The minimum Gasteiger partial charge on any atom is -0.356 e. The fourth-order valence-electron chi connectivity index (χ4n) is 1.68. The van der Waals surface area contributed by atoms with Crippen molar-refractivity contribution >= 4 is 35.8 Å². The summed E-state index contributed by atoms with van der Waals surface area (Å²) in [5.41, 5.74) is 0. The van der Waals surface area contributed by atoms with Crippen LogP contribution in [0, 0.1) is 5.92 Å². The molecule has 0 spiro atoms. The van der Waals surface area contributed by atoms with Crippen LogP contribution in [0.1, 0.15) is 53.4 Å². The first-order valence-corrected chi connectivity index (χ1v) is 7.73. The van der Waals surface area contributed by atoms with E-state index in [1.165, 1.54) is 6.42 Å². The molecular weight excluding hydrogens is 379 g/mol. The number of carbonyl (C=O) groups is 1. The summed E-state index contributed by atoms with van der Waals surface area (Å²) in [6.07, 6.45) is 3.77. The molecule has 0 saturated heterocycles. The first-order chi connectivity index (χ1) is 9.49. The van der Waals surface area contributed by atoms with Crippen LogP contribution in [0.15, 0.2) is 4.99 Å². The van der Waals surface area contributed by atoms with Crippen LogP contribution in [0.2, 0.25) is 0 Å². The molecule has 0 radical (unpaired) electrons. The topological polar surface area (TPSA) is 65.5 Å². The van der Waals surface area contributed by atoms with Gasteiger partial charge in [-0.2, -0.15) is 0 Å². The van der Waals surface area contributed by atoms with Gasteiger partial charge in [-0.3, -0.25) is 9.79 Å². The summed E-state index contributed by atoms with van der Waals surface area (Å²) in [6, 6.07) is 0.246. The number of hydrogen-bond donors (Lipinski definition) is 3. The number of hydrogen-bond acceptors (Lipinski definition) is 2. The molecule has 3 N–H and O–H groups in total. The van der Waals surface area contributed by atoms with Gasteiger partial charge >= 0.3 is 0 Å². The summed E-state index contributed by atoms with van der Waals surface area (Å²) < 4.78 is 0. The van der Waals surface area contributed by atoms with Crippen molar-refractivity contribution in [2.45, 2.75) is 59.4 Å². The molecule has 0 bridgehead atoms. The second kappa shape index (κ2) is 14.4. The molecule has 0 aliphatic heterocycles. The molecule has 6 heteroatoms. The third-order valence-corrected chi connectivity index (χ3v) is 3.14. The Morgan fingerprint density at radius 2 is 1.76 bits per heavy atom. The van der Waals surface area contributed by atoms with Crippen LogP contribution in [0.3, 0.4) is 0 Å². The van der Waals surface area contributed by atoms with Gasteiger partial charge in [0.05, 0.1) is 0 Å². The molecule has 126 valence electrons. The number of carbonyl (C=O) groups excluding carboxylic acids is 1. The number of guanidine groups is 1. The van der Waals surface area contributed by atoms with Gasteiger partial charge in [0.1, 0.15) is 0 Å². The van der Waals surface area contributed by atoms with Gasteiger partial charge in [-0.05, 0) is 32.1 Å². The minimum atomic E-state index is 0. The third kappa shape index (κ3) is 14.2. The predicted octanol–water partition coefficient (Wildman–Crippen LogP) is 2.51. The molecular formula is C15H33IN4O. The molecule has 0 aliphatic carbocycles. The lowest BCUT2D eigenvalue weighted by Gasteiger charge is -2.14. The van der Waals surface area contributed by atoms with Crippen molar-refractivity contribution in [1.82, 2.24) is 16.0 Å². The molecule has 21 heavy (non-hydrogen) atoms. The maximum absolute atomic E-state index is 11.6. The van der Waals surface area contributed by atoms with Crippen molar-refractivity contribution in [3.63, 3.8) is 0 Å². The van der Waals surface area contributed by atoms with Crippen molar-refractivity contribution in [2.75, 3.05) is 20.1 Å². The van der Waals surface area contributed by atoms with Gasteiger partial charge in [0.25, 0.3) is 0 Å². The van der Waals surface area contributed by atoms with E-state index in [9.17, 15) is 4.79 Å². The van der Waals surface area contributed by atoms with Gasteiger partial charge in [-0.25, -0.2) is 0 Å². The molecule has 0 aromatic heterocycles. The summed E-state index contributed by atoms with van der Waals surface area (Å²) in [5.74, 6) is 1.59. The predicted molar refractivity (Wildman–Crippen MR) is 101 cm³/mol. The van der Waals surface area contributed by atoms with E-state index in [-0.39, 0.29) is 35.9 Å². The van der Waals surface area contributed by atoms with Gasteiger partial charge < -0.3 is 16.0 Å². The zero-order valence-corrected chi connectivity index (χ0v) is 16.5. The fourth-order valence-corrected chi connectivity index (χ4v) is 1.68. The molecule has 0 saturated carbocycles. The second-order valence-electron chi connectivity index (χ2n) is 5.59. The van der Waals surface area contributed by atoms with Crippen LogP contribution in [-0.4, -0.2) is 38.0 Å².